The van der Waals surface area contributed by atoms with Gasteiger partial charge in [-0.25, -0.2) is 0 Å². The highest BCUT2D eigenvalue weighted by atomic mass is 16.5. The molecule has 1 heterocycles. The summed E-state index contributed by atoms with van der Waals surface area (Å²) < 4.78 is 5.25. The molecule has 1 amide bonds. The van der Waals surface area contributed by atoms with Gasteiger partial charge >= 0.3 is 0 Å². The summed E-state index contributed by atoms with van der Waals surface area (Å²) in [5.41, 5.74) is -0.244. The van der Waals surface area contributed by atoms with Gasteiger partial charge in [0, 0.05) is 25.7 Å². The Hall–Kier alpha value is -1.59. The maximum Gasteiger partial charge on any atom is 0.256 e. The van der Waals surface area contributed by atoms with Crippen LogP contribution in [-0.2, 0) is 11.3 Å². The Kier molecular flexibility index (Phi) is 5.97. The van der Waals surface area contributed by atoms with E-state index in [0.29, 0.717) is 32.1 Å². The first-order valence-electron chi connectivity index (χ1n) is 9.49. The number of carbonyl (C=O) groups excluding carboxylic acids is 1. The number of hydrogen-bond acceptors (Lipinski definition) is 4. The van der Waals surface area contributed by atoms with E-state index in [2.05, 4.69) is 5.32 Å². The van der Waals surface area contributed by atoms with Gasteiger partial charge in [-0.15, -0.1) is 0 Å². The lowest BCUT2D eigenvalue weighted by Crippen LogP contribution is -2.58. The number of piperidine rings is 1. The number of methoxy groups -OCH3 is 1. The molecule has 3 rings (SSSR count). The van der Waals surface area contributed by atoms with Crippen LogP contribution in [0.15, 0.2) is 24.3 Å². The number of carbonyl (C=O) groups is 1. The third-order valence-corrected chi connectivity index (χ3v) is 5.50. The van der Waals surface area contributed by atoms with Gasteiger partial charge in [0.15, 0.2) is 5.60 Å². The summed E-state index contributed by atoms with van der Waals surface area (Å²) in [5.74, 6) is 0.640. The lowest BCUT2D eigenvalue weighted by molar-refractivity contribution is -0.157. The van der Waals surface area contributed by atoms with Crippen molar-refractivity contribution in [1.29, 1.82) is 0 Å². The molecule has 2 fully saturated rings. The molecule has 1 saturated carbocycles. The van der Waals surface area contributed by atoms with Gasteiger partial charge < -0.3 is 20.1 Å². The summed E-state index contributed by atoms with van der Waals surface area (Å²) in [6.45, 7) is 1.58. The van der Waals surface area contributed by atoms with Crippen LogP contribution in [0.5, 0.6) is 5.75 Å². The monoisotopic (exact) mass is 346 g/mol. The molecule has 138 valence electrons. The van der Waals surface area contributed by atoms with Gasteiger partial charge in [0.2, 0.25) is 0 Å². The van der Waals surface area contributed by atoms with Gasteiger partial charge in [-0.2, -0.15) is 0 Å². The van der Waals surface area contributed by atoms with Gasteiger partial charge in [-0.05, 0) is 43.4 Å². The largest absolute Gasteiger partial charge is 0.497 e. The van der Waals surface area contributed by atoms with E-state index >= 15 is 0 Å². The molecule has 5 heteroatoms. The molecule has 25 heavy (non-hydrogen) atoms. The third kappa shape index (κ3) is 4.53. The second-order valence-electron chi connectivity index (χ2n) is 7.43. The number of rotatable bonds is 6. The Labute approximate surface area is 150 Å². The van der Waals surface area contributed by atoms with E-state index in [9.17, 15) is 9.90 Å². The van der Waals surface area contributed by atoms with Crippen molar-refractivity contribution < 1.29 is 14.6 Å². The van der Waals surface area contributed by atoms with Crippen LogP contribution in [0.3, 0.4) is 0 Å². The molecule has 0 aromatic heterocycles. The van der Waals surface area contributed by atoms with Crippen LogP contribution >= 0.6 is 0 Å². The Bertz CT molecular complexity index is 586. The first-order valence-corrected chi connectivity index (χ1v) is 9.49. The number of nitrogens with zero attached hydrogens (tertiary/aromatic N) is 1. The topological polar surface area (TPSA) is 61.8 Å². The van der Waals surface area contributed by atoms with E-state index < -0.39 is 5.60 Å². The zero-order valence-corrected chi connectivity index (χ0v) is 15.2. The van der Waals surface area contributed by atoms with Crippen molar-refractivity contribution in [2.75, 3.05) is 20.2 Å². The Morgan fingerprint density at radius 3 is 2.84 bits per heavy atom. The summed E-state index contributed by atoms with van der Waals surface area (Å²) in [6, 6.07) is 8.20. The van der Waals surface area contributed by atoms with Crippen molar-refractivity contribution in [2.45, 2.75) is 63.1 Å². The zero-order chi connectivity index (χ0) is 17.7. The van der Waals surface area contributed by atoms with Crippen LogP contribution < -0.4 is 10.1 Å². The van der Waals surface area contributed by atoms with Crippen molar-refractivity contribution in [3.63, 3.8) is 0 Å². The molecule has 2 aliphatic rings. The Morgan fingerprint density at radius 1 is 1.28 bits per heavy atom. The summed E-state index contributed by atoms with van der Waals surface area (Å²) in [4.78, 5) is 14.7. The van der Waals surface area contributed by atoms with Gasteiger partial charge in [-0.3, -0.25) is 4.79 Å². The normalized spacial score (nSPS) is 25.2. The Balaban J connectivity index is 1.60. The van der Waals surface area contributed by atoms with E-state index in [1.54, 1.807) is 12.0 Å². The number of amides is 1. The predicted molar refractivity (Wildman–Crippen MR) is 97.5 cm³/mol. The number of likely N-dealkylation sites (tertiary alicyclic amines) is 1. The molecular weight excluding hydrogens is 316 g/mol. The lowest BCUT2D eigenvalue weighted by atomic mass is 9.89. The molecule has 1 atom stereocenters. The maximum absolute atomic E-state index is 12.9. The fraction of sp³-hybridized carbons (Fsp3) is 0.650. The van der Waals surface area contributed by atoms with E-state index in [4.69, 9.17) is 4.74 Å². The minimum absolute atomic E-state index is 0.148. The highest BCUT2D eigenvalue weighted by Gasteiger charge is 2.42. The van der Waals surface area contributed by atoms with E-state index in [1.807, 2.05) is 24.3 Å². The van der Waals surface area contributed by atoms with Crippen molar-refractivity contribution in [1.82, 2.24) is 10.2 Å². The molecule has 0 unspecified atom stereocenters. The fourth-order valence-corrected chi connectivity index (χ4v) is 3.99. The number of aliphatic hydroxyl groups is 1. The minimum atomic E-state index is -1.27. The average Bonchev–Trinajstić information content (AvgIpc) is 2.65. The predicted octanol–water partition coefficient (Wildman–Crippen LogP) is 2.47. The fourth-order valence-electron chi connectivity index (χ4n) is 3.99. The second kappa shape index (κ2) is 8.19. The zero-order valence-electron chi connectivity index (χ0n) is 15.2. The van der Waals surface area contributed by atoms with Gasteiger partial charge in [0.25, 0.3) is 5.91 Å². The number of nitrogens with one attached hydrogen (secondary N) is 1. The van der Waals surface area contributed by atoms with Gasteiger partial charge in [-0.1, -0.05) is 31.4 Å². The van der Waals surface area contributed by atoms with Crippen LogP contribution in [0, 0.1) is 0 Å². The third-order valence-electron chi connectivity index (χ3n) is 5.50. The van der Waals surface area contributed by atoms with Crippen LogP contribution in [-0.4, -0.2) is 47.8 Å². The van der Waals surface area contributed by atoms with Crippen LogP contribution in [0.4, 0.5) is 0 Å². The van der Waals surface area contributed by atoms with Crippen molar-refractivity contribution in [3.05, 3.63) is 29.8 Å². The quantitative estimate of drug-likeness (QED) is 0.831. The smallest absolute Gasteiger partial charge is 0.256 e. The highest BCUT2D eigenvalue weighted by Crippen LogP contribution is 2.26. The second-order valence-corrected chi connectivity index (χ2v) is 7.43. The van der Waals surface area contributed by atoms with Crippen molar-refractivity contribution >= 4 is 5.91 Å². The molecule has 5 nitrogen and oxygen atoms in total. The van der Waals surface area contributed by atoms with E-state index in [0.717, 1.165) is 30.6 Å². The number of hydrogen-bond donors (Lipinski definition) is 2. The van der Waals surface area contributed by atoms with Gasteiger partial charge in [0.1, 0.15) is 5.75 Å². The SMILES string of the molecule is COc1cccc(CN2CCC[C@](O)(CNC3CCCCC3)C2=O)c1. The summed E-state index contributed by atoms with van der Waals surface area (Å²) >= 11 is 0. The minimum Gasteiger partial charge on any atom is -0.497 e. The maximum atomic E-state index is 12.9. The van der Waals surface area contributed by atoms with Crippen molar-refractivity contribution in [2.24, 2.45) is 0 Å². The van der Waals surface area contributed by atoms with Crippen LogP contribution in [0.2, 0.25) is 0 Å². The lowest BCUT2D eigenvalue weighted by Gasteiger charge is -2.39. The van der Waals surface area contributed by atoms with Gasteiger partial charge in [0.05, 0.1) is 7.11 Å². The number of benzene rings is 1. The molecule has 1 aromatic carbocycles. The van der Waals surface area contributed by atoms with Crippen LogP contribution in [0.1, 0.15) is 50.5 Å². The molecule has 0 bridgehead atoms. The molecule has 1 saturated heterocycles. The molecule has 2 N–H and O–H groups in total. The Morgan fingerprint density at radius 2 is 2.08 bits per heavy atom. The first kappa shape index (κ1) is 18.2. The molecular formula is C20H30N2O3. The van der Waals surface area contributed by atoms with Crippen molar-refractivity contribution in [3.8, 4) is 5.75 Å². The average molecular weight is 346 g/mol. The standard InChI is InChI=1S/C20H30N2O3/c1-25-18-10-5-7-16(13-18)14-22-12-6-11-20(24,19(22)23)15-21-17-8-3-2-4-9-17/h5,7,10,13,17,21,24H,2-4,6,8-9,11-12,14-15H2,1H3/t20-/m0/s1. The summed E-state index contributed by atoms with van der Waals surface area (Å²) in [7, 11) is 1.64. The van der Waals surface area contributed by atoms with E-state index in [1.165, 1.54) is 19.3 Å². The molecule has 0 spiro atoms. The van der Waals surface area contributed by atoms with Crippen LogP contribution in [0.25, 0.3) is 0 Å². The van der Waals surface area contributed by atoms with E-state index in [-0.39, 0.29) is 5.91 Å². The summed E-state index contributed by atoms with van der Waals surface area (Å²) in [5, 5.41) is 14.4. The molecule has 1 aliphatic heterocycles. The molecule has 0 radical (unpaired) electrons. The highest BCUT2D eigenvalue weighted by molar-refractivity contribution is 5.86. The first-order chi connectivity index (χ1) is 12.1. The molecule has 1 aromatic rings. The number of ether oxygens (including phenoxy) is 1. The molecule has 1 aliphatic carbocycles. The summed E-state index contributed by atoms with van der Waals surface area (Å²) in [6.07, 6.45) is 7.46.